The molecule has 0 aliphatic carbocycles. The topological polar surface area (TPSA) is 40.5 Å². The van der Waals surface area contributed by atoms with E-state index in [0.717, 1.165) is 31.2 Å². The first kappa shape index (κ1) is 22.5. The van der Waals surface area contributed by atoms with Crippen LogP contribution in [0.3, 0.4) is 0 Å². The molecule has 0 aliphatic rings. The van der Waals surface area contributed by atoms with Crippen molar-refractivity contribution in [1.82, 2.24) is 0 Å². The quantitative estimate of drug-likeness (QED) is 0.211. The van der Waals surface area contributed by atoms with Gasteiger partial charge in [-0.1, -0.05) is 117 Å². The molecule has 5 aromatic rings. The summed E-state index contributed by atoms with van der Waals surface area (Å²) in [5.74, 6) is 0.256. The smallest absolute Gasteiger partial charge is 0.132 e. The fourth-order valence-corrected chi connectivity index (χ4v) is 4.82. The Balaban J connectivity index is 1.95. The van der Waals surface area contributed by atoms with Crippen molar-refractivity contribution >= 4 is 31.9 Å². The van der Waals surface area contributed by atoms with Crippen LogP contribution < -0.4 is 0 Å². The van der Waals surface area contributed by atoms with E-state index in [0.29, 0.717) is 22.3 Å². The Morgan fingerprint density at radius 3 is 0.912 bits per heavy atom. The van der Waals surface area contributed by atoms with Gasteiger partial charge in [-0.05, 0) is 46.5 Å². The summed E-state index contributed by atoms with van der Waals surface area (Å²) in [6.07, 6.45) is 0. The molecule has 0 heterocycles. The first-order chi connectivity index (χ1) is 16.5. The highest BCUT2D eigenvalue weighted by Crippen LogP contribution is 2.55. The zero-order chi connectivity index (χ0) is 23.7. The van der Waals surface area contributed by atoms with Crippen LogP contribution in [0.15, 0.2) is 118 Å². The van der Waals surface area contributed by atoms with Crippen molar-refractivity contribution in [3.63, 3.8) is 0 Å². The predicted molar refractivity (Wildman–Crippen MR) is 147 cm³/mol. The number of benzene rings is 5. The molecular formula is C30H20Br2O2. The molecule has 0 unspecified atom stereocenters. The Morgan fingerprint density at radius 1 is 0.353 bits per heavy atom. The standard InChI is InChI=1S/C30H20Br2O2/c31-23-15-11-21(12-16-23)27-25(19-7-3-1-4-8-19)29(33)26(20-9-5-2-6-10-20)28(30(27)34)22-13-17-24(32)18-14-22/h1-18,33-34H. The van der Waals surface area contributed by atoms with Gasteiger partial charge < -0.3 is 10.2 Å². The van der Waals surface area contributed by atoms with Gasteiger partial charge >= 0.3 is 0 Å². The number of hydrogen-bond donors (Lipinski definition) is 2. The number of aromatic hydroxyl groups is 2. The van der Waals surface area contributed by atoms with E-state index in [1.165, 1.54) is 0 Å². The Kier molecular flexibility index (Phi) is 6.27. The maximum Gasteiger partial charge on any atom is 0.132 e. The molecule has 0 radical (unpaired) electrons. The van der Waals surface area contributed by atoms with E-state index in [1.807, 2.05) is 109 Å². The molecule has 2 nitrogen and oxygen atoms in total. The van der Waals surface area contributed by atoms with Crippen molar-refractivity contribution in [1.29, 1.82) is 0 Å². The van der Waals surface area contributed by atoms with Crippen LogP contribution in [0.5, 0.6) is 11.5 Å². The Morgan fingerprint density at radius 2 is 0.618 bits per heavy atom. The van der Waals surface area contributed by atoms with Crippen LogP contribution in [0.4, 0.5) is 0 Å². The lowest BCUT2D eigenvalue weighted by atomic mass is 9.83. The molecule has 0 aromatic heterocycles. The molecule has 4 heteroatoms. The molecule has 2 N–H and O–H groups in total. The summed E-state index contributed by atoms with van der Waals surface area (Å²) in [7, 11) is 0. The zero-order valence-electron chi connectivity index (χ0n) is 18.0. The van der Waals surface area contributed by atoms with Crippen molar-refractivity contribution in [3.8, 4) is 56.0 Å². The summed E-state index contributed by atoms with van der Waals surface area (Å²) in [4.78, 5) is 0. The molecule has 0 fully saturated rings. The van der Waals surface area contributed by atoms with E-state index in [9.17, 15) is 10.2 Å². The minimum absolute atomic E-state index is 0.125. The highest BCUT2D eigenvalue weighted by molar-refractivity contribution is 9.10. The third-order valence-electron chi connectivity index (χ3n) is 5.84. The Bertz CT molecular complexity index is 1330. The first-order valence-corrected chi connectivity index (χ1v) is 12.4. The Labute approximate surface area is 215 Å². The van der Waals surface area contributed by atoms with Crippen molar-refractivity contribution in [2.45, 2.75) is 0 Å². The minimum atomic E-state index is 0.125. The van der Waals surface area contributed by atoms with Crippen molar-refractivity contribution in [2.24, 2.45) is 0 Å². The van der Waals surface area contributed by atoms with Crippen molar-refractivity contribution < 1.29 is 10.2 Å². The van der Waals surface area contributed by atoms with Gasteiger partial charge in [0.2, 0.25) is 0 Å². The van der Waals surface area contributed by atoms with Gasteiger partial charge in [0.15, 0.2) is 0 Å². The first-order valence-electron chi connectivity index (χ1n) is 10.8. The second kappa shape index (κ2) is 9.49. The number of hydrogen-bond acceptors (Lipinski definition) is 2. The van der Waals surface area contributed by atoms with Gasteiger partial charge in [0, 0.05) is 31.2 Å². The molecule has 0 aliphatic heterocycles. The molecule has 166 valence electrons. The summed E-state index contributed by atoms with van der Waals surface area (Å²) in [5.41, 5.74) is 5.66. The van der Waals surface area contributed by atoms with Crippen LogP contribution >= 0.6 is 31.9 Å². The molecule has 0 bridgehead atoms. The van der Waals surface area contributed by atoms with Crippen LogP contribution in [0.2, 0.25) is 0 Å². The summed E-state index contributed by atoms with van der Waals surface area (Å²) in [6, 6.07) is 34.9. The molecule has 34 heavy (non-hydrogen) atoms. The van der Waals surface area contributed by atoms with Gasteiger partial charge in [0.1, 0.15) is 11.5 Å². The second-order valence-corrected chi connectivity index (χ2v) is 9.77. The lowest BCUT2D eigenvalue weighted by Gasteiger charge is -2.22. The minimum Gasteiger partial charge on any atom is -0.507 e. The molecule has 0 amide bonds. The zero-order valence-corrected chi connectivity index (χ0v) is 21.2. The van der Waals surface area contributed by atoms with E-state index < -0.39 is 0 Å². The molecule has 5 aromatic carbocycles. The highest BCUT2D eigenvalue weighted by Gasteiger charge is 2.27. The normalized spacial score (nSPS) is 10.9. The van der Waals surface area contributed by atoms with E-state index >= 15 is 0 Å². The lowest BCUT2D eigenvalue weighted by Crippen LogP contribution is -1.95. The maximum atomic E-state index is 11.9. The average molecular weight is 572 g/mol. The monoisotopic (exact) mass is 570 g/mol. The second-order valence-electron chi connectivity index (χ2n) is 7.94. The molecular weight excluding hydrogens is 552 g/mol. The van der Waals surface area contributed by atoms with Gasteiger partial charge in [-0.2, -0.15) is 0 Å². The van der Waals surface area contributed by atoms with Gasteiger partial charge in [0.25, 0.3) is 0 Å². The number of phenols is 2. The van der Waals surface area contributed by atoms with Crippen LogP contribution in [-0.2, 0) is 0 Å². The van der Waals surface area contributed by atoms with Gasteiger partial charge in [0.05, 0.1) is 0 Å². The molecule has 0 saturated heterocycles. The highest BCUT2D eigenvalue weighted by atomic mass is 79.9. The van der Waals surface area contributed by atoms with E-state index in [1.54, 1.807) is 0 Å². The summed E-state index contributed by atoms with van der Waals surface area (Å²) in [5, 5.41) is 23.8. The predicted octanol–water partition coefficient (Wildman–Crippen LogP) is 9.29. The maximum absolute atomic E-state index is 11.9. The fraction of sp³-hybridized carbons (Fsp3) is 0. The van der Waals surface area contributed by atoms with E-state index in [2.05, 4.69) is 31.9 Å². The van der Waals surface area contributed by atoms with E-state index in [4.69, 9.17) is 0 Å². The van der Waals surface area contributed by atoms with Gasteiger partial charge in [-0.3, -0.25) is 0 Å². The molecule has 0 spiro atoms. The number of rotatable bonds is 4. The number of halogens is 2. The third-order valence-corrected chi connectivity index (χ3v) is 6.90. The van der Waals surface area contributed by atoms with Crippen molar-refractivity contribution in [2.75, 3.05) is 0 Å². The fourth-order valence-electron chi connectivity index (χ4n) is 4.29. The van der Waals surface area contributed by atoms with Crippen LogP contribution in [0, 0.1) is 0 Å². The SMILES string of the molecule is Oc1c(-c2ccccc2)c(-c2ccc(Br)cc2)c(O)c(-c2ccc(Br)cc2)c1-c1ccccc1. The Hall–Kier alpha value is -3.34. The van der Waals surface area contributed by atoms with Gasteiger partial charge in [-0.25, -0.2) is 0 Å². The number of phenolic OH excluding ortho intramolecular Hbond substituents is 2. The molecule has 0 atom stereocenters. The average Bonchev–Trinajstić information content (AvgIpc) is 2.87. The molecule has 5 rings (SSSR count). The summed E-state index contributed by atoms with van der Waals surface area (Å²) >= 11 is 7.00. The summed E-state index contributed by atoms with van der Waals surface area (Å²) < 4.78 is 1.88. The van der Waals surface area contributed by atoms with E-state index in [-0.39, 0.29) is 11.5 Å². The molecule has 0 saturated carbocycles. The van der Waals surface area contributed by atoms with Crippen molar-refractivity contribution in [3.05, 3.63) is 118 Å². The lowest BCUT2D eigenvalue weighted by molar-refractivity contribution is 0.467. The summed E-state index contributed by atoms with van der Waals surface area (Å²) in [6.45, 7) is 0. The van der Waals surface area contributed by atoms with Crippen LogP contribution in [0.25, 0.3) is 44.5 Å². The van der Waals surface area contributed by atoms with Crippen LogP contribution in [0.1, 0.15) is 0 Å². The largest absolute Gasteiger partial charge is 0.507 e. The van der Waals surface area contributed by atoms with Crippen LogP contribution in [-0.4, -0.2) is 10.2 Å². The third kappa shape index (κ3) is 4.15. The van der Waals surface area contributed by atoms with Gasteiger partial charge in [-0.15, -0.1) is 0 Å².